The molecule has 140 valence electrons. The van der Waals surface area contributed by atoms with Gasteiger partial charge in [0.2, 0.25) is 0 Å². The van der Waals surface area contributed by atoms with Crippen LogP contribution in [0.15, 0.2) is 18.3 Å². The lowest BCUT2D eigenvalue weighted by atomic mass is 9.97. The van der Waals surface area contributed by atoms with E-state index in [-0.39, 0.29) is 11.8 Å². The standard InChI is InChI=1S/C19H28N6O/c1-23-17(14-24-10-3-2-4-11-24)21-22-18(23)15-7-6-12-25(13-15)19(26)16-8-5-9-20-16/h5,8-9,15,20H,2-4,6-7,10-14H2,1H3. The van der Waals surface area contributed by atoms with E-state index in [0.717, 1.165) is 50.7 Å². The van der Waals surface area contributed by atoms with Crippen molar-refractivity contribution in [3.8, 4) is 0 Å². The molecule has 1 amide bonds. The third-order valence-electron chi connectivity index (χ3n) is 5.71. The number of hydrogen-bond donors (Lipinski definition) is 1. The molecule has 0 aliphatic carbocycles. The van der Waals surface area contributed by atoms with Gasteiger partial charge in [0, 0.05) is 32.3 Å². The van der Waals surface area contributed by atoms with Crippen LogP contribution in [-0.4, -0.2) is 61.6 Å². The van der Waals surface area contributed by atoms with Crippen molar-refractivity contribution in [2.45, 2.75) is 44.6 Å². The molecule has 26 heavy (non-hydrogen) atoms. The van der Waals surface area contributed by atoms with Gasteiger partial charge in [-0.2, -0.15) is 0 Å². The third-order valence-corrected chi connectivity index (χ3v) is 5.71. The number of carbonyl (C=O) groups is 1. The summed E-state index contributed by atoms with van der Waals surface area (Å²) in [6.45, 7) is 4.72. The smallest absolute Gasteiger partial charge is 0.270 e. The maximum atomic E-state index is 12.6. The van der Waals surface area contributed by atoms with Gasteiger partial charge in [0.05, 0.1) is 6.54 Å². The van der Waals surface area contributed by atoms with E-state index in [1.54, 1.807) is 6.20 Å². The fraction of sp³-hybridized carbons (Fsp3) is 0.632. The van der Waals surface area contributed by atoms with Gasteiger partial charge >= 0.3 is 0 Å². The lowest BCUT2D eigenvalue weighted by molar-refractivity contribution is 0.0698. The Morgan fingerprint density at radius 3 is 2.81 bits per heavy atom. The molecule has 2 aromatic rings. The van der Waals surface area contributed by atoms with E-state index in [4.69, 9.17) is 0 Å². The topological polar surface area (TPSA) is 70.1 Å². The van der Waals surface area contributed by atoms with Crippen LogP contribution in [0.4, 0.5) is 0 Å². The van der Waals surface area contributed by atoms with Gasteiger partial charge in [0.15, 0.2) is 0 Å². The van der Waals surface area contributed by atoms with Crippen LogP contribution in [0.25, 0.3) is 0 Å². The number of rotatable bonds is 4. The summed E-state index contributed by atoms with van der Waals surface area (Å²) in [5, 5.41) is 8.97. The van der Waals surface area contributed by atoms with E-state index in [0.29, 0.717) is 12.2 Å². The first-order valence-electron chi connectivity index (χ1n) is 9.75. The summed E-state index contributed by atoms with van der Waals surface area (Å²) in [4.78, 5) is 20.1. The normalized spacial score (nSPS) is 21.9. The maximum absolute atomic E-state index is 12.6. The number of piperidine rings is 2. The molecule has 0 saturated carbocycles. The molecule has 0 radical (unpaired) electrons. The molecule has 4 heterocycles. The number of likely N-dealkylation sites (tertiary alicyclic amines) is 2. The molecule has 1 N–H and O–H groups in total. The molecular weight excluding hydrogens is 328 g/mol. The summed E-state index contributed by atoms with van der Waals surface area (Å²) in [5.41, 5.74) is 0.661. The summed E-state index contributed by atoms with van der Waals surface area (Å²) in [7, 11) is 2.07. The van der Waals surface area contributed by atoms with Crippen LogP contribution in [0.3, 0.4) is 0 Å². The van der Waals surface area contributed by atoms with Crippen molar-refractivity contribution in [1.29, 1.82) is 0 Å². The zero-order valence-corrected chi connectivity index (χ0v) is 15.5. The molecule has 2 aliphatic heterocycles. The van der Waals surface area contributed by atoms with Crippen molar-refractivity contribution >= 4 is 5.91 Å². The number of aromatic amines is 1. The second-order valence-electron chi connectivity index (χ2n) is 7.54. The molecule has 0 spiro atoms. The van der Waals surface area contributed by atoms with Gasteiger partial charge in [-0.3, -0.25) is 9.69 Å². The van der Waals surface area contributed by atoms with E-state index in [1.807, 2.05) is 17.0 Å². The first-order valence-corrected chi connectivity index (χ1v) is 9.75. The monoisotopic (exact) mass is 356 g/mol. The van der Waals surface area contributed by atoms with E-state index in [1.165, 1.54) is 19.3 Å². The minimum absolute atomic E-state index is 0.0791. The number of hydrogen-bond acceptors (Lipinski definition) is 4. The average Bonchev–Trinajstić information content (AvgIpc) is 3.33. The average molecular weight is 356 g/mol. The Hall–Kier alpha value is -2.15. The number of nitrogens with zero attached hydrogens (tertiary/aromatic N) is 5. The molecule has 2 aliphatic rings. The molecule has 2 fully saturated rings. The van der Waals surface area contributed by atoms with Crippen LogP contribution >= 0.6 is 0 Å². The summed E-state index contributed by atoms with van der Waals surface area (Å²) in [6.07, 6.45) is 7.76. The summed E-state index contributed by atoms with van der Waals surface area (Å²) in [5.74, 6) is 2.39. The van der Waals surface area contributed by atoms with Crippen LogP contribution in [0.1, 0.15) is 60.2 Å². The van der Waals surface area contributed by atoms with Gasteiger partial charge in [-0.25, -0.2) is 0 Å². The Balaban J connectivity index is 1.44. The molecular formula is C19H28N6O. The molecule has 7 nitrogen and oxygen atoms in total. The number of nitrogens with one attached hydrogen (secondary N) is 1. The molecule has 0 aromatic carbocycles. The van der Waals surface area contributed by atoms with Crippen LogP contribution in [-0.2, 0) is 13.6 Å². The lowest BCUT2D eigenvalue weighted by Crippen LogP contribution is -2.40. The highest BCUT2D eigenvalue weighted by atomic mass is 16.2. The first kappa shape index (κ1) is 17.3. The quantitative estimate of drug-likeness (QED) is 0.911. The number of carbonyl (C=O) groups excluding carboxylic acids is 1. The van der Waals surface area contributed by atoms with Crippen molar-refractivity contribution in [1.82, 2.24) is 29.5 Å². The molecule has 2 aromatic heterocycles. The second-order valence-corrected chi connectivity index (χ2v) is 7.54. The molecule has 0 bridgehead atoms. The molecule has 4 rings (SSSR count). The highest BCUT2D eigenvalue weighted by Gasteiger charge is 2.29. The van der Waals surface area contributed by atoms with E-state index >= 15 is 0 Å². The van der Waals surface area contributed by atoms with Crippen LogP contribution in [0, 0.1) is 0 Å². The molecule has 1 unspecified atom stereocenters. The van der Waals surface area contributed by atoms with Crippen molar-refractivity contribution in [3.05, 3.63) is 35.7 Å². The Morgan fingerprint density at radius 2 is 2.04 bits per heavy atom. The third kappa shape index (κ3) is 3.53. The zero-order chi connectivity index (χ0) is 17.9. The summed E-state index contributed by atoms with van der Waals surface area (Å²) in [6, 6.07) is 3.70. The SMILES string of the molecule is Cn1c(CN2CCCCC2)nnc1C1CCCN(C(=O)c2ccc[nH]2)C1. The van der Waals surface area contributed by atoms with Crippen molar-refractivity contribution < 1.29 is 4.79 Å². The predicted molar refractivity (Wildman–Crippen MR) is 98.8 cm³/mol. The lowest BCUT2D eigenvalue weighted by Gasteiger charge is -2.32. The predicted octanol–water partition coefficient (Wildman–Crippen LogP) is 2.15. The number of amides is 1. The maximum Gasteiger partial charge on any atom is 0.270 e. The van der Waals surface area contributed by atoms with Crippen molar-refractivity contribution in [2.75, 3.05) is 26.2 Å². The second kappa shape index (κ2) is 7.61. The Labute approximate surface area is 154 Å². The van der Waals surface area contributed by atoms with Gasteiger partial charge in [0.25, 0.3) is 5.91 Å². The van der Waals surface area contributed by atoms with Crippen molar-refractivity contribution in [3.63, 3.8) is 0 Å². The molecule has 2 saturated heterocycles. The van der Waals surface area contributed by atoms with Gasteiger partial charge in [-0.1, -0.05) is 6.42 Å². The van der Waals surface area contributed by atoms with Crippen LogP contribution in [0.2, 0.25) is 0 Å². The highest BCUT2D eigenvalue weighted by molar-refractivity contribution is 5.92. The van der Waals surface area contributed by atoms with Gasteiger partial charge in [-0.05, 0) is 50.9 Å². The van der Waals surface area contributed by atoms with Gasteiger partial charge < -0.3 is 14.5 Å². The molecule has 7 heteroatoms. The highest BCUT2D eigenvalue weighted by Crippen LogP contribution is 2.27. The zero-order valence-electron chi connectivity index (χ0n) is 15.5. The summed E-state index contributed by atoms with van der Waals surface area (Å²) >= 11 is 0. The minimum atomic E-state index is 0.0791. The minimum Gasteiger partial charge on any atom is -0.357 e. The van der Waals surface area contributed by atoms with E-state index in [2.05, 4.69) is 31.7 Å². The fourth-order valence-corrected chi connectivity index (χ4v) is 4.19. The Bertz CT molecular complexity index is 731. The van der Waals surface area contributed by atoms with E-state index < -0.39 is 0 Å². The number of aromatic nitrogens is 4. The van der Waals surface area contributed by atoms with Crippen LogP contribution < -0.4 is 0 Å². The van der Waals surface area contributed by atoms with Crippen LogP contribution in [0.5, 0.6) is 0 Å². The van der Waals surface area contributed by atoms with Gasteiger partial charge in [0.1, 0.15) is 17.3 Å². The summed E-state index contributed by atoms with van der Waals surface area (Å²) < 4.78 is 2.15. The largest absolute Gasteiger partial charge is 0.357 e. The first-order chi connectivity index (χ1) is 12.7. The Kier molecular flexibility index (Phi) is 5.06. The fourth-order valence-electron chi connectivity index (χ4n) is 4.19. The number of H-pyrrole nitrogens is 1. The van der Waals surface area contributed by atoms with Crippen molar-refractivity contribution in [2.24, 2.45) is 7.05 Å². The molecule has 1 atom stereocenters. The van der Waals surface area contributed by atoms with E-state index in [9.17, 15) is 4.79 Å². The Morgan fingerprint density at radius 1 is 1.19 bits per heavy atom. The van der Waals surface area contributed by atoms with Gasteiger partial charge in [-0.15, -0.1) is 10.2 Å².